The minimum Gasteiger partial charge on any atom is -0.494 e. The van der Waals surface area contributed by atoms with Crippen molar-refractivity contribution in [1.82, 2.24) is 9.55 Å². The van der Waals surface area contributed by atoms with Gasteiger partial charge in [-0.15, -0.1) is 0 Å². The Labute approximate surface area is 177 Å². The third-order valence-electron chi connectivity index (χ3n) is 5.04. The van der Waals surface area contributed by atoms with Crippen molar-refractivity contribution < 1.29 is 9.90 Å². The predicted octanol–water partition coefficient (Wildman–Crippen LogP) is 2.65. The van der Waals surface area contributed by atoms with E-state index in [9.17, 15) is 19.5 Å². The maximum atomic E-state index is 13.0. The number of H-pyrrole nitrogens is 1. The zero-order valence-electron chi connectivity index (χ0n) is 17.2. The van der Waals surface area contributed by atoms with Gasteiger partial charge in [0.2, 0.25) is 5.88 Å². The summed E-state index contributed by atoms with van der Waals surface area (Å²) in [6.45, 7) is 5.47. The molecule has 8 nitrogen and oxygen atoms in total. The number of nitrogens with one attached hydrogen (secondary N) is 1. The summed E-state index contributed by atoms with van der Waals surface area (Å²) >= 11 is 0. The Hall–Kier alpha value is -4.20. The van der Waals surface area contributed by atoms with Crippen LogP contribution in [0.3, 0.4) is 0 Å². The number of aromatic hydroxyl groups is 1. The number of amides is 1. The first kappa shape index (κ1) is 20.1. The van der Waals surface area contributed by atoms with Gasteiger partial charge in [0, 0.05) is 0 Å². The van der Waals surface area contributed by atoms with Crippen LogP contribution >= 0.6 is 0 Å². The highest BCUT2D eigenvalue weighted by Crippen LogP contribution is 2.26. The first-order valence-corrected chi connectivity index (χ1v) is 9.60. The standard InChI is InChI=1S/C23H20N4O4/c1-13-4-8-16(9-5-13)26-21(29)19(20(28)24-23(26)31)12-18-15(3)25-27(22(18)30)17-10-6-14(2)7-11-17/h4-12,29H,1-3H3,(H,24,28,31)/b18-12+. The first-order chi connectivity index (χ1) is 14.8. The Balaban J connectivity index is 1.81. The van der Waals surface area contributed by atoms with E-state index < -0.39 is 23.0 Å². The van der Waals surface area contributed by atoms with Crippen LogP contribution in [0.1, 0.15) is 23.6 Å². The molecule has 156 valence electrons. The minimum atomic E-state index is -0.798. The van der Waals surface area contributed by atoms with Gasteiger partial charge in [0.05, 0.1) is 22.7 Å². The van der Waals surface area contributed by atoms with E-state index in [4.69, 9.17) is 0 Å². The smallest absolute Gasteiger partial charge is 0.335 e. The molecule has 0 atom stereocenters. The molecule has 1 amide bonds. The normalized spacial score (nSPS) is 14.9. The Bertz CT molecular complexity index is 1360. The maximum absolute atomic E-state index is 13.0. The van der Waals surface area contributed by atoms with Gasteiger partial charge in [-0.3, -0.25) is 14.6 Å². The Morgan fingerprint density at radius 1 is 0.871 bits per heavy atom. The number of aryl methyl sites for hydroxylation is 2. The average Bonchev–Trinajstić information content (AvgIpc) is 3.01. The Kier molecular flexibility index (Phi) is 4.90. The molecule has 31 heavy (non-hydrogen) atoms. The highest BCUT2D eigenvalue weighted by Gasteiger charge is 2.29. The molecule has 0 bridgehead atoms. The van der Waals surface area contributed by atoms with E-state index in [1.54, 1.807) is 43.3 Å². The summed E-state index contributed by atoms with van der Waals surface area (Å²) in [5, 5.41) is 16.3. The van der Waals surface area contributed by atoms with Crippen LogP contribution < -0.4 is 16.3 Å². The quantitative estimate of drug-likeness (QED) is 0.640. The minimum absolute atomic E-state index is 0.149. The molecule has 0 unspecified atom stereocenters. The third-order valence-corrected chi connectivity index (χ3v) is 5.04. The van der Waals surface area contributed by atoms with Crippen molar-refractivity contribution in [3.63, 3.8) is 0 Å². The van der Waals surface area contributed by atoms with Gasteiger partial charge < -0.3 is 5.11 Å². The lowest BCUT2D eigenvalue weighted by atomic mass is 10.1. The van der Waals surface area contributed by atoms with Crippen LogP contribution in [0.15, 0.2) is 68.8 Å². The van der Waals surface area contributed by atoms with Gasteiger partial charge in [-0.05, 0) is 51.1 Å². The zero-order chi connectivity index (χ0) is 22.3. The lowest BCUT2D eigenvalue weighted by molar-refractivity contribution is -0.114. The van der Waals surface area contributed by atoms with Crippen molar-refractivity contribution in [2.24, 2.45) is 5.10 Å². The fourth-order valence-electron chi connectivity index (χ4n) is 3.29. The molecular formula is C23H20N4O4. The number of aromatic amines is 1. The molecule has 1 aromatic heterocycles. The van der Waals surface area contributed by atoms with Crippen LogP contribution in [0.4, 0.5) is 5.69 Å². The number of rotatable bonds is 3. The van der Waals surface area contributed by atoms with Crippen molar-refractivity contribution in [2.45, 2.75) is 20.8 Å². The summed E-state index contributed by atoms with van der Waals surface area (Å²) < 4.78 is 0.983. The number of hydrazone groups is 1. The molecule has 0 spiro atoms. The molecule has 8 heteroatoms. The van der Waals surface area contributed by atoms with Crippen LogP contribution in [0.5, 0.6) is 5.88 Å². The molecular weight excluding hydrogens is 396 g/mol. The zero-order valence-corrected chi connectivity index (χ0v) is 17.2. The van der Waals surface area contributed by atoms with Gasteiger partial charge in [-0.25, -0.2) is 9.36 Å². The SMILES string of the molecule is CC1=NN(c2ccc(C)cc2)C(=O)/C1=C/c1c(O)n(-c2ccc(C)cc2)c(=O)[nH]c1=O. The number of carbonyl (C=O) groups excluding carboxylic acids is 1. The molecule has 3 aromatic rings. The van der Waals surface area contributed by atoms with E-state index in [-0.39, 0.29) is 11.1 Å². The largest absolute Gasteiger partial charge is 0.494 e. The van der Waals surface area contributed by atoms with Gasteiger partial charge in [0.25, 0.3) is 11.5 Å². The van der Waals surface area contributed by atoms with Crippen molar-refractivity contribution >= 4 is 23.4 Å². The van der Waals surface area contributed by atoms with E-state index in [1.807, 2.05) is 26.0 Å². The predicted molar refractivity (Wildman–Crippen MR) is 119 cm³/mol. The van der Waals surface area contributed by atoms with Crippen LogP contribution in [0.2, 0.25) is 0 Å². The van der Waals surface area contributed by atoms with Crippen molar-refractivity contribution in [1.29, 1.82) is 0 Å². The van der Waals surface area contributed by atoms with Gasteiger partial charge >= 0.3 is 5.69 Å². The highest BCUT2D eigenvalue weighted by molar-refractivity contribution is 6.32. The second-order valence-electron chi connectivity index (χ2n) is 7.36. The topological polar surface area (TPSA) is 108 Å². The van der Waals surface area contributed by atoms with Crippen molar-refractivity contribution in [3.8, 4) is 11.6 Å². The van der Waals surface area contributed by atoms with Crippen LogP contribution in [0.25, 0.3) is 11.8 Å². The van der Waals surface area contributed by atoms with Gasteiger partial charge in [0.15, 0.2) is 0 Å². The summed E-state index contributed by atoms with van der Waals surface area (Å²) in [7, 11) is 0. The Morgan fingerprint density at radius 3 is 2.00 bits per heavy atom. The number of benzene rings is 2. The fraction of sp³-hybridized carbons (Fsp3) is 0.130. The van der Waals surface area contributed by atoms with Crippen LogP contribution in [0, 0.1) is 13.8 Å². The molecule has 4 rings (SSSR count). The molecule has 1 aliphatic heterocycles. The van der Waals surface area contributed by atoms with Crippen molar-refractivity contribution in [2.75, 3.05) is 5.01 Å². The van der Waals surface area contributed by atoms with Crippen LogP contribution in [-0.2, 0) is 4.79 Å². The molecule has 0 fully saturated rings. The summed E-state index contributed by atoms with van der Waals surface area (Å²) in [6.07, 6.45) is 1.26. The number of aromatic nitrogens is 2. The van der Waals surface area contributed by atoms with Gasteiger partial charge in [0.1, 0.15) is 5.56 Å². The molecule has 1 aliphatic rings. The molecule has 2 N–H and O–H groups in total. The first-order valence-electron chi connectivity index (χ1n) is 9.60. The molecule has 2 aromatic carbocycles. The second-order valence-corrected chi connectivity index (χ2v) is 7.36. The summed E-state index contributed by atoms with van der Waals surface area (Å²) in [6, 6.07) is 14.1. The number of carbonyl (C=O) groups is 1. The highest BCUT2D eigenvalue weighted by atomic mass is 16.3. The summed E-state index contributed by atoms with van der Waals surface area (Å²) in [5.74, 6) is -0.993. The number of hydrogen-bond acceptors (Lipinski definition) is 5. The second kappa shape index (κ2) is 7.56. The summed E-state index contributed by atoms with van der Waals surface area (Å²) in [4.78, 5) is 40.0. The Morgan fingerprint density at radius 2 is 1.42 bits per heavy atom. The summed E-state index contributed by atoms with van der Waals surface area (Å²) in [5.41, 5.74) is 1.74. The van der Waals surface area contributed by atoms with Gasteiger partial charge in [-0.2, -0.15) is 10.1 Å². The fourth-order valence-corrected chi connectivity index (χ4v) is 3.29. The van der Waals surface area contributed by atoms with E-state index in [1.165, 1.54) is 11.1 Å². The molecule has 0 saturated carbocycles. The third kappa shape index (κ3) is 3.59. The number of anilines is 1. The monoisotopic (exact) mass is 416 g/mol. The van der Waals surface area contributed by atoms with E-state index in [2.05, 4.69) is 10.1 Å². The molecule has 0 aliphatic carbocycles. The van der Waals surface area contributed by atoms with E-state index >= 15 is 0 Å². The lowest BCUT2D eigenvalue weighted by Gasteiger charge is -2.12. The van der Waals surface area contributed by atoms with Crippen molar-refractivity contribution in [3.05, 3.63) is 91.6 Å². The number of nitrogens with zero attached hydrogens (tertiary/aromatic N) is 3. The van der Waals surface area contributed by atoms with Crippen LogP contribution in [-0.4, -0.2) is 26.3 Å². The van der Waals surface area contributed by atoms with E-state index in [0.717, 1.165) is 15.7 Å². The maximum Gasteiger partial charge on any atom is 0.335 e. The number of hydrogen-bond donors (Lipinski definition) is 2. The molecule has 0 radical (unpaired) electrons. The molecule has 2 heterocycles. The van der Waals surface area contributed by atoms with E-state index in [0.29, 0.717) is 17.1 Å². The van der Waals surface area contributed by atoms with Gasteiger partial charge in [-0.1, -0.05) is 35.4 Å². The lowest BCUT2D eigenvalue weighted by Crippen LogP contribution is -2.30. The average molecular weight is 416 g/mol. The molecule has 0 saturated heterocycles.